The zero-order valence-electron chi connectivity index (χ0n) is 17.6. The van der Waals surface area contributed by atoms with Crippen LogP contribution in [-0.4, -0.2) is 36.4 Å². The number of carbonyl (C=O) groups excluding carboxylic acids is 2. The third kappa shape index (κ3) is 5.28. The van der Waals surface area contributed by atoms with Gasteiger partial charge >= 0.3 is 18.2 Å². The van der Waals surface area contributed by atoms with Gasteiger partial charge in [0.05, 0.1) is 24.8 Å². The lowest BCUT2D eigenvalue weighted by atomic mass is 10.0. The van der Waals surface area contributed by atoms with Crippen molar-refractivity contribution in [1.82, 2.24) is 9.88 Å². The molecule has 0 aliphatic carbocycles. The monoisotopic (exact) mass is 448 g/mol. The van der Waals surface area contributed by atoms with Gasteiger partial charge in [0.2, 0.25) is 0 Å². The van der Waals surface area contributed by atoms with Crippen molar-refractivity contribution in [3.8, 4) is 0 Å². The summed E-state index contributed by atoms with van der Waals surface area (Å²) in [6, 6.07) is 11.2. The van der Waals surface area contributed by atoms with E-state index in [9.17, 15) is 22.8 Å². The Bertz CT molecular complexity index is 1110. The molecule has 9 heteroatoms. The number of fused-ring (bicyclic) bond motifs is 1. The molecule has 0 saturated heterocycles. The Labute approximate surface area is 182 Å². The minimum atomic E-state index is -4.45. The van der Waals surface area contributed by atoms with Crippen LogP contribution < -0.4 is 5.32 Å². The second kappa shape index (κ2) is 9.86. The summed E-state index contributed by atoms with van der Waals surface area (Å²) < 4.78 is 50.3. The average Bonchev–Trinajstić information content (AvgIpc) is 3.14. The molecular weight excluding hydrogens is 425 g/mol. The number of methoxy groups -OCH3 is 1. The van der Waals surface area contributed by atoms with E-state index < -0.39 is 29.8 Å². The van der Waals surface area contributed by atoms with Crippen LogP contribution in [0.1, 0.15) is 23.6 Å². The van der Waals surface area contributed by atoms with E-state index >= 15 is 0 Å². The summed E-state index contributed by atoms with van der Waals surface area (Å²) in [5.74, 6) is -0.565. The second-order valence-corrected chi connectivity index (χ2v) is 7.10. The summed E-state index contributed by atoms with van der Waals surface area (Å²) >= 11 is 0. The van der Waals surface area contributed by atoms with Gasteiger partial charge in [0.1, 0.15) is 6.04 Å². The molecule has 170 valence electrons. The van der Waals surface area contributed by atoms with Crippen molar-refractivity contribution >= 4 is 23.0 Å². The Morgan fingerprint density at radius 3 is 2.56 bits per heavy atom. The van der Waals surface area contributed by atoms with Gasteiger partial charge in [0, 0.05) is 24.5 Å². The molecule has 0 aliphatic rings. The number of nitrogens with one attached hydrogen (secondary N) is 1. The highest BCUT2D eigenvalue weighted by Crippen LogP contribution is 2.29. The molecule has 2 aromatic carbocycles. The summed E-state index contributed by atoms with van der Waals surface area (Å²) in [6.07, 6.45) is -3.23. The SMILES string of the molecule is CCOC(=O)n1cc(CC(NCc2cccc(C(F)(F)F)c2)C(=O)OC)c2ccccc21. The number of hydrogen-bond acceptors (Lipinski definition) is 5. The third-order valence-electron chi connectivity index (χ3n) is 4.98. The number of ether oxygens (including phenoxy) is 2. The lowest BCUT2D eigenvalue weighted by Crippen LogP contribution is -2.39. The van der Waals surface area contributed by atoms with Crippen molar-refractivity contribution < 1.29 is 32.2 Å². The topological polar surface area (TPSA) is 69.6 Å². The van der Waals surface area contributed by atoms with Gasteiger partial charge in [-0.25, -0.2) is 4.79 Å². The van der Waals surface area contributed by atoms with Gasteiger partial charge in [0.25, 0.3) is 0 Å². The van der Waals surface area contributed by atoms with Crippen molar-refractivity contribution in [1.29, 1.82) is 0 Å². The maximum Gasteiger partial charge on any atom is 0.418 e. The summed E-state index contributed by atoms with van der Waals surface area (Å²) in [7, 11) is 1.24. The van der Waals surface area contributed by atoms with Gasteiger partial charge in [-0.3, -0.25) is 9.36 Å². The standard InChI is InChI=1S/C23H23F3N2O4/c1-3-32-22(30)28-14-16(18-9-4-5-10-20(18)28)12-19(21(29)31-2)27-13-15-7-6-8-17(11-15)23(24,25)26/h4-11,14,19,27H,3,12-13H2,1-2H3. The van der Waals surface area contributed by atoms with E-state index in [1.165, 1.54) is 17.7 Å². The number of benzene rings is 2. The smallest absolute Gasteiger partial charge is 0.418 e. The first-order valence-corrected chi connectivity index (χ1v) is 9.98. The van der Waals surface area contributed by atoms with Crippen LogP contribution in [0.15, 0.2) is 54.7 Å². The van der Waals surface area contributed by atoms with E-state index in [-0.39, 0.29) is 19.6 Å². The van der Waals surface area contributed by atoms with Crippen LogP contribution >= 0.6 is 0 Å². The molecule has 0 spiro atoms. The fraction of sp³-hybridized carbons (Fsp3) is 0.304. The van der Waals surface area contributed by atoms with Gasteiger partial charge < -0.3 is 14.8 Å². The number of esters is 1. The predicted octanol–water partition coefficient (Wildman–Crippen LogP) is 4.54. The number of para-hydroxylation sites is 1. The van der Waals surface area contributed by atoms with E-state index in [2.05, 4.69) is 5.32 Å². The molecule has 3 rings (SSSR count). The molecule has 32 heavy (non-hydrogen) atoms. The van der Waals surface area contributed by atoms with E-state index in [1.807, 2.05) is 12.1 Å². The van der Waals surface area contributed by atoms with Gasteiger partial charge in [-0.15, -0.1) is 0 Å². The summed E-state index contributed by atoms with van der Waals surface area (Å²) in [6.45, 7) is 1.94. The van der Waals surface area contributed by atoms with Crippen LogP contribution in [0.2, 0.25) is 0 Å². The van der Waals surface area contributed by atoms with Crippen LogP contribution in [0.4, 0.5) is 18.0 Å². The minimum Gasteiger partial charge on any atom is -0.468 e. The Hall–Kier alpha value is -3.33. The molecule has 6 nitrogen and oxygen atoms in total. The van der Waals surface area contributed by atoms with Crippen molar-refractivity contribution in [2.24, 2.45) is 0 Å². The van der Waals surface area contributed by atoms with Crippen LogP contribution in [-0.2, 0) is 33.4 Å². The molecule has 1 unspecified atom stereocenters. The number of hydrogen-bond donors (Lipinski definition) is 1. The average molecular weight is 448 g/mol. The fourth-order valence-corrected chi connectivity index (χ4v) is 3.46. The van der Waals surface area contributed by atoms with Crippen LogP contribution in [0, 0.1) is 0 Å². The van der Waals surface area contributed by atoms with Crippen molar-refractivity contribution in [3.63, 3.8) is 0 Å². The lowest BCUT2D eigenvalue weighted by molar-refractivity contribution is -0.143. The summed E-state index contributed by atoms with van der Waals surface area (Å²) in [4.78, 5) is 24.7. The first-order valence-electron chi connectivity index (χ1n) is 9.98. The highest BCUT2D eigenvalue weighted by atomic mass is 19.4. The van der Waals surface area contributed by atoms with Crippen LogP contribution in [0.25, 0.3) is 10.9 Å². The number of alkyl halides is 3. The van der Waals surface area contributed by atoms with Gasteiger partial charge in [0.15, 0.2) is 0 Å². The highest BCUT2D eigenvalue weighted by molar-refractivity contribution is 5.92. The molecule has 3 aromatic rings. The van der Waals surface area contributed by atoms with E-state index in [0.717, 1.165) is 17.5 Å². The molecule has 1 atom stereocenters. The summed E-state index contributed by atoms with van der Waals surface area (Å²) in [5.41, 5.74) is 0.939. The Kier molecular flexibility index (Phi) is 7.19. The third-order valence-corrected chi connectivity index (χ3v) is 4.98. The molecule has 1 heterocycles. The zero-order chi connectivity index (χ0) is 23.3. The van der Waals surface area contributed by atoms with Crippen molar-refractivity contribution in [2.75, 3.05) is 13.7 Å². The first kappa shape index (κ1) is 23.3. The van der Waals surface area contributed by atoms with Gasteiger partial charge in [-0.1, -0.05) is 36.4 Å². The highest BCUT2D eigenvalue weighted by Gasteiger charge is 2.30. The molecule has 1 aromatic heterocycles. The molecule has 0 aliphatic heterocycles. The Balaban J connectivity index is 1.85. The lowest BCUT2D eigenvalue weighted by Gasteiger charge is -2.17. The number of carbonyl (C=O) groups is 2. The molecular formula is C23H23F3N2O4. The van der Waals surface area contributed by atoms with E-state index in [0.29, 0.717) is 16.6 Å². The number of aromatic nitrogens is 1. The maximum atomic E-state index is 13.0. The molecule has 0 radical (unpaired) electrons. The second-order valence-electron chi connectivity index (χ2n) is 7.10. The minimum absolute atomic E-state index is 0.0280. The molecule has 0 saturated carbocycles. The number of halogens is 3. The van der Waals surface area contributed by atoms with Crippen LogP contribution in [0.3, 0.4) is 0 Å². The molecule has 0 bridgehead atoms. The number of rotatable bonds is 7. The summed E-state index contributed by atoms with van der Waals surface area (Å²) in [5, 5.41) is 3.73. The predicted molar refractivity (Wildman–Crippen MR) is 112 cm³/mol. The van der Waals surface area contributed by atoms with Crippen molar-refractivity contribution in [3.05, 3.63) is 71.4 Å². The van der Waals surface area contributed by atoms with Crippen molar-refractivity contribution in [2.45, 2.75) is 32.1 Å². The largest absolute Gasteiger partial charge is 0.468 e. The Morgan fingerprint density at radius 2 is 1.88 bits per heavy atom. The fourth-order valence-electron chi connectivity index (χ4n) is 3.46. The quantitative estimate of drug-likeness (QED) is 0.538. The van der Waals surface area contributed by atoms with Gasteiger partial charge in [-0.2, -0.15) is 13.2 Å². The maximum absolute atomic E-state index is 13.0. The first-order chi connectivity index (χ1) is 15.2. The number of nitrogens with zero attached hydrogens (tertiary/aromatic N) is 1. The molecule has 0 fully saturated rings. The van der Waals surface area contributed by atoms with E-state index in [4.69, 9.17) is 9.47 Å². The normalized spacial score (nSPS) is 12.5. The Morgan fingerprint density at radius 1 is 1.12 bits per heavy atom. The zero-order valence-corrected chi connectivity index (χ0v) is 17.6. The molecule has 1 N–H and O–H groups in total. The van der Waals surface area contributed by atoms with Gasteiger partial charge in [-0.05, 0) is 30.2 Å². The molecule has 0 amide bonds. The van der Waals surface area contributed by atoms with E-state index in [1.54, 1.807) is 31.3 Å². The van der Waals surface area contributed by atoms with Crippen LogP contribution in [0.5, 0.6) is 0 Å².